The maximum Gasteiger partial charge on any atom is 0.407 e. The van der Waals surface area contributed by atoms with E-state index in [0.29, 0.717) is 6.42 Å². The summed E-state index contributed by atoms with van der Waals surface area (Å²) in [4.78, 5) is 21.3. The first-order chi connectivity index (χ1) is 8.08. The smallest absolute Gasteiger partial charge is 0.407 e. The van der Waals surface area contributed by atoms with Gasteiger partial charge in [-0.25, -0.2) is 4.79 Å². The largest absolute Gasteiger partial charge is 0.508 e. The van der Waals surface area contributed by atoms with Crippen molar-refractivity contribution in [3.8, 4) is 5.75 Å². The predicted octanol–water partition coefficient (Wildman–Crippen LogP) is 1.47. The van der Waals surface area contributed by atoms with Crippen molar-refractivity contribution in [3.63, 3.8) is 0 Å². The molecular weight excluding hydrogens is 228 g/mol. The summed E-state index contributed by atoms with van der Waals surface area (Å²) in [6.45, 7) is 0.198. The second kappa shape index (κ2) is 4.28. The Balaban J connectivity index is 2.38. The summed E-state index contributed by atoms with van der Waals surface area (Å²) in [6.07, 6.45) is -0.186. The molecule has 1 fully saturated rings. The molecule has 2 N–H and O–H groups in total. The number of phenolic OH excluding ortho intramolecular Hbond substituents is 1. The summed E-state index contributed by atoms with van der Waals surface area (Å²) in [5.74, 6) is -0.0775. The van der Waals surface area contributed by atoms with Gasteiger partial charge in [0.1, 0.15) is 5.75 Å². The van der Waals surface area contributed by atoms with Gasteiger partial charge in [0.05, 0.1) is 23.1 Å². The number of aromatic hydroxyl groups is 1. The summed E-state index contributed by atoms with van der Waals surface area (Å²) in [6, 6.07) is 3.23. The fourth-order valence-corrected chi connectivity index (χ4v) is 1.75. The van der Waals surface area contributed by atoms with Gasteiger partial charge in [-0.15, -0.1) is 0 Å². The van der Waals surface area contributed by atoms with Crippen molar-refractivity contribution in [2.75, 3.05) is 6.61 Å². The van der Waals surface area contributed by atoms with E-state index in [1.165, 1.54) is 18.2 Å². The number of carbonyl (C=O) groups is 1. The van der Waals surface area contributed by atoms with Gasteiger partial charge in [-0.1, -0.05) is 0 Å². The quantitative estimate of drug-likeness (QED) is 0.600. The molecule has 0 radical (unpaired) electrons. The monoisotopic (exact) mass is 238 g/mol. The third-order valence-electron chi connectivity index (χ3n) is 2.51. The summed E-state index contributed by atoms with van der Waals surface area (Å²) in [7, 11) is 0. The summed E-state index contributed by atoms with van der Waals surface area (Å²) in [5, 5.41) is 22.7. The van der Waals surface area contributed by atoms with Gasteiger partial charge in [0.15, 0.2) is 0 Å². The number of nitro groups is 1. The number of nitrogens with one attached hydrogen (secondary N) is 1. The third-order valence-corrected chi connectivity index (χ3v) is 2.51. The zero-order chi connectivity index (χ0) is 12.4. The SMILES string of the molecule is O=C1N[C@@H](c2cc(O)ccc2[N+](=O)[O-])CCO1. The molecule has 1 aliphatic heterocycles. The molecule has 0 bridgehead atoms. The Hall–Kier alpha value is -2.31. The van der Waals surface area contributed by atoms with Crippen molar-refractivity contribution in [3.05, 3.63) is 33.9 Å². The summed E-state index contributed by atoms with van der Waals surface area (Å²) >= 11 is 0. The van der Waals surface area contributed by atoms with Gasteiger partial charge >= 0.3 is 6.09 Å². The minimum Gasteiger partial charge on any atom is -0.508 e. The molecule has 0 spiro atoms. The Bertz CT molecular complexity index is 474. The molecule has 1 heterocycles. The van der Waals surface area contributed by atoms with E-state index in [0.717, 1.165) is 0 Å². The number of nitrogens with zero attached hydrogens (tertiary/aromatic N) is 1. The van der Waals surface area contributed by atoms with Gasteiger partial charge in [-0.3, -0.25) is 10.1 Å². The van der Waals surface area contributed by atoms with E-state index in [1.807, 2.05) is 0 Å². The molecular formula is C10H10N2O5. The molecule has 90 valence electrons. The normalized spacial score (nSPS) is 19.3. The van der Waals surface area contributed by atoms with Crippen molar-refractivity contribution < 1.29 is 19.6 Å². The number of phenols is 1. The Kier molecular flexibility index (Phi) is 2.82. The van der Waals surface area contributed by atoms with Crippen LogP contribution in [-0.2, 0) is 4.74 Å². The number of rotatable bonds is 2. The highest BCUT2D eigenvalue weighted by atomic mass is 16.6. The van der Waals surface area contributed by atoms with Crippen LogP contribution in [0.4, 0.5) is 10.5 Å². The van der Waals surface area contributed by atoms with Crippen molar-refractivity contribution in [2.24, 2.45) is 0 Å². The van der Waals surface area contributed by atoms with Crippen molar-refractivity contribution >= 4 is 11.8 Å². The topological polar surface area (TPSA) is 102 Å². The fraction of sp³-hybridized carbons (Fsp3) is 0.300. The molecule has 0 aromatic heterocycles. The first kappa shape index (κ1) is 11.2. The second-order valence-corrected chi connectivity index (χ2v) is 3.62. The molecule has 0 aliphatic carbocycles. The fourth-order valence-electron chi connectivity index (χ4n) is 1.75. The lowest BCUT2D eigenvalue weighted by Crippen LogP contribution is -2.35. The number of ether oxygens (including phenoxy) is 1. The van der Waals surface area contributed by atoms with Gasteiger partial charge in [-0.05, 0) is 12.1 Å². The van der Waals surface area contributed by atoms with Crippen LogP contribution in [0.5, 0.6) is 5.75 Å². The number of nitro benzene ring substituents is 1. The molecule has 7 nitrogen and oxygen atoms in total. The molecule has 0 unspecified atom stereocenters. The van der Waals surface area contributed by atoms with E-state index in [2.05, 4.69) is 10.1 Å². The molecule has 1 aromatic carbocycles. The summed E-state index contributed by atoms with van der Waals surface area (Å²) < 4.78 is 4.68. The van der Waals surface area contributed by atoms with Crippen LogP contribution in [0, 0.1) is 10.1 Å². The van der Waals surface area contributed by atoms with E-state index < -0.39 is 17.1 Å². The molecule has 7 heteroatoms. The van der Waals surface area contributed by atoms with Crippen molar-refractivity contribution in [1.82, 2.24) is 5.32 Å². The highest BCUT2D eigenvalue weighted by molar-refractivity contribution is 5.69. The van der Waals surface area contributed by atoms with Crippen LogP contribution < -0.4 is 5.32 Å². The van der Waals surface area contributed by atoms with Gasteiger partial charge in [0.2, 0.25) is 0 Å². The van der Waals surface area contributed by atoms with E-state index in [9.17, 15) is 20.0 Å². The van der Waals surface area contributed by atoms with Crippen LogP contribution in [0.15, 0.2) is 18.2 Å². The highest BCUT2D eigenvalue weighted by Crippen LogP contribution is 2.31. The van der Waals surface area contributed by atoms with Gasteiger partial charge in [0.25, 0.3) is 5.69 Å². The van der Waals surface area contributed by atoms with Crippen LogP contribution in [0.25, 0.3) is 0 Å². The van der Waals surface area contributed by atoms with Crippen molar-refractivity contribution in [1.29, 1.82) is 0 Å². The molecule has 1 amide bonds. The van der Waals surface area contributed by atoms with E-state index in [4.69, 9.17) is 0 Å². The summed E-state index contributed by atoms with van der Waals surface area (Å²) in [5.41, 5.74) is 0.154. The number of carbonyl (C=O) groups excluding carboxylic acids is 1. The average Bonchev–Trinajstić information content (AvgIpc) is 2.28. The lowest BCUT2D eigenvalue weighted by atomic mass is 10.0. The average molecular weight is 238 g/mol. The standard InChI is InChI=1S/C10H10N2O5/c13-6-1-2-9(12(15)16)7(5-6)8-3-4-17-10(14)11-8/h1-2,5,8,13H,3-4H2,(H,11,14)/t8-/m1/s1. The number of amides is 1. The number of hydrogen-bond acceptors (Lipinski definition) is 5. The number of benzene rings is 1. The van der Waals surface area contributed by atoms with Crippen molar-refractivity contribution in [2.45, 2.75) is 12.5 Å². The van der Waals surface area contributed by atoms with Crippen LogP contribution in [0.1, 0.15) is 18.0 Å². The zero-order valence-corrected chi connectivity index (χ0v) is 8.75. The van der Waals surface area contributed by atoms with Gasteiger partial charge in [-0.2, -0.15) is 0 Å². The molecule has 1 saturated heterocycles. The lowest BCUT2D eigenvalue weighted by molar-refractivity contribution is -0.385. The van der Waals surface area contributed by atoms with Crippen LogP contribution >= 0.6 is 0 Å². The van der Waals surface area contributed by atoms with E-state index in [-0.39, 0.29) is 23.6 Å². The highest BCUT2D eigenvalue weighted by Gasteiger charge is 2.27. The van der Waals surface area contributed by atoms with Gasteiger partial charge in [0, 0.05) is 12.5 Å². The molecule has 17 heavy (non-hydrogen) atoms. The Morgan fingerprint density at radius 3 is 2.94 bits per heavy atom. The molecule has 1 atom stereocenters. The third kappa shape index (κ3) is 2.27. The minimum atomic E-state index is -0.612. The predicted molar refractivity (Wildman–Crippen MR) is 56.6 cm³/mol. The number of hydrogen-bond donors (Lipinski definition) is 2. The first-order valence-corrected chi connectivity index (χ1v) is 4.98. The maximum absolute atomic E-state index is 11.0. The van der Waals surface area contributed by atoms with Crippen LogP contribution in [0.2, 0.25) is 0 Å². The molecule has 2 rings (SSSR count). The lowest BCUT2D eigenvalue weighted by Gasteiger charge is -2.23. The molecule has 1 aromatic rings. The first-order valence-electron chi connectivity index (χ1n) is 4.98. The molecule has 0 saturated carbocycles. The van der Waals surface area contributed by atoms with Gasteiger partial charge < -0.3 is 15.2 Å². The number of alkyl carbamates (subject to hydrolysis) is 1. The Morgan fingerprint density at radius 2 is 2.29 bits per heavy atom. The molecule has 1 aliphatic rings. The zero-order valence-electron chi connectivity index (χ0n) is 8.75. The van der Waals surface area contributed by atoms with E-state index >= 15 is 0 Å². The second-order valence-electron chi connectivity index (χ2n) is 3.62. The van der Waals surface area contributed by atoms with E-state index in [1.54, 1.807) is 0 Å². The van der Waals surface area contributed by atoms with Crippen LogP contribution in [0.3, 0.4) is 0 Å². The Labute approximate surface area is 96.2 Å². The maximum atomic E-state index is 11.0. The van der Waals surface area contributed by atoms with Crippen LogP contribution in [-0.4, -0.2) is 22.7 Å². The Morgan fingerprint density at radius 1 is 1.53 bits per heavy atom. The number of cyclic esters (lactones) is 1. The minimum absolute atomic E-state index is 0.0775.